The lowest BCUT2D eigenvalue weighted by atomic mass is 10.4. The minimum Gasteiger partial charge on any atom is -0.368 e. The Kier molecular flexibility index (Phi) is 3.02. The van der Waals surface area contributed by atoms with E-state index in [0.717, 1.165) is 25.9 Å². The average molecular weight is 278 g/mol. The van der Waals surface area contributed by atoms with E-state index in [2.05, 4.69) is 24.8 Å². The normalized spacial score (nSPS) is 15.3. The second kappa shape index (κ2) is 4.69. The highest BCUT2D eigenvalue weighted by Crippen LogP contribution is 2.22. The van der Waals surface area contributed by atoms with Gasteiger partial charge in [0.25, 0.3) is 5.56 Å². The van der Waals surface area contributed by atoms with Crippen molar-refractivity contribution in [2.45, 2.75) is 17.9 Å². The van der Waals surface area contributed by atoms with Gasteiger partial charge >= 0.3 is 0 Å². The molecule has 8 heteroatoms. The molecule has 3 rings (SSSR count). The summed E-state index contributed by atoms with van der Waals surface area (Å²) in [6, 6.07) is 0. The quantitative estimate of drug-likeness (QED) is 0.613. The molecule has 3 N–H and O–H groups in total. The lowest BCUT2D eigenvalue weighted by Gasteiger charge is -2.15. The van der Waals surface area contributed by atoms with E-state index in [9.17, 15) is 4.79 Å². The van der Waals surface area contributed by atoms with Crippen LogP contribution in [0.15, 0.2) is 9.82 Å². The van der Waals surface area contributed by atoms with Gasteiger partial charge in [0, 0.05) is 13.1 Å². The van der Waals surface area contributed by atoms with Crippen LogP contribution >= 0.6 is 11.8 Å². The number of rotatable bonds is 2. The monoisotopic (exact) mass is 278 g/mol. The lowest BCUT2D eigenvalue weighted by molar-refractivity contribution is 0.893. The van der Waals surface area contributed by atoms with Crippen molar-refractivity contribution in [3.8, 4) is 0 Å². The molecule has 0 spiro atoms. The van der Waals surface area contributed by atoms with E-state index in [1.807, 2.05) is 6.26 Å². The number of hydrogen-bond donors (Lipinski definition) is 2. The fraction of sp³-hybridized carbons (Fsp3) is 0.455. The molecule has 0 unspecified atom stereocenters. The molecule has 1 fully saturated rings. The third-order valence-corrected chi connectivity index (χ3v) is 3.82. The smallest absolute Gasteiger partial charge is 0.264 e. The maximum atomic E-state index is 12.2. The molecule has 1 saturated heterocycles. The molecule has 2 aromatic rings. The molecule has 0 aliphatic carbocycles. The molecule has 100 valence electrons. The van der Waals surface area contributed by atoms with E-state index in [1.54, 1.807) is 0 Å². The molecule has 7 nitrogen and oxygen atoms in total. The van der Waals surface area contributed by atoms with Gasteiger partial charge in [-0.2, -0.15) is 9.97 Å². The van der Waals surface area contributed by atoms with Crippen LogP contribution in [0.4, 0.5) is 11.9 Å². The third-order valence-electron chi connectivity index (χ3n) is 3.14. The average Bonchev–Trinajstić information content (AvgIpc) is 2.90. The Bertz CT molecular complexity index is 679. The highest BCUT2D eigenvalue weighted by molar-refractivity contribution is 7.98. The minimum atomic E-state index is -0.212. The molecule has 1 aliphatic heterocycles. The first-order valence-corrected chi connectivity index (χ1v) is 7.28. The summed E-state index contributed by atoms with van der Waals surface area (Å²) in [4.78, 5) is 29.6. The highest BCUT2D eigenvalue weighted by Gasteiger charge is 2.18. The van der Waals surface area contributed by atoms with Crippen LogP contribution < -0.4 is 16.2 Å². The number of nitrogens with zero attached hydrogens (tertiary/aromatic N) is 4. The maximum Gasteiger partial charge on any atom is 0.264 e. The van der Waals surface area contributed by atoms with Gasteiger partial charge in [-0.05, 0) is 19.1 Å². The van der Waals surface area contributed by atoms with Gasteiger partial charge in [-0.25, -0.2) is 4.98 Å². The van der Waals surface area contributed by atoms with E-state index in [1.165, 1.54) is 11.8 Å². The maximum absolute atomic E-state index is 12.2. The molecular formula is C11H14N6OS. The summed E-state index contributed by atoms with van der Waals surface area (Å²) in [7, 11) is 0. The zero-order valence-electron chi connectivity index (χ0n) is 10.5. The topological polar surface area (TPSA) is 101 Å². The van der Waals surface area contributed by atoms with E-state index >= 15 is 0 Å². The van der Waals surface area contributed by atoms with Gasteiger partial charge in [0.05, 0.1) is 0 Å². The summed E-state index contributed by atoms with van der Waals surface area (Å²) >= 11 is 1.36. The van der Waals surface area contributed by atoms with Gasteiger partial charge in [-0.15, -0.1) is 11.8 Å². The molecule has 0 bridgehead atoms. The van der Waals surface area contributed by atoms with Crippen LogP contribution in [-0.2, 0) is 0 Å². The number of fused-ring (bicyclic) bond motifs is 1. The molecule has 2 aromatic heterocycles. The second-order valence-corrected chi connectivity index (χ2v) is 5.17. The van der Waals surface area contributed by atoms with Gasteiger partial charge in [0.1, 0.15) is 10.4 Å². The van der Waals surface area contributed by atoms with Gasteiger partial charge in [-0.1, -0.05) is 0 Å². The summed E-state index contributed by atoms with van der Waals surface area (Å²) in [6.07, 6.45) is 4.07. The number of nitrogens with two attached hydrogens (primary N) is 1. The standard InChI is InChI=1S/C11H14N6OS/c1-19-9-6-7(13-10(12)16-9)14-11(15-8(6)18)17-4-2-3-5-17/h2-5H2,1H3,(H3,12,13,14,15,16,18). The van der Waals surface area contributed by atoms with Gasteiger partial charge in [0.2, 0.25) is 11.9 Å². The number of H-pyrrole nitrogens is 1. The SMILES string of the molecule is CSc1nc(N)nc2nc(N3CCCC3)[nH]c(=O)c12. The Labute approximate surface area is 113 Å². The van der Waals surface area contributed by atoms with Crippen molar-refractivity contribution in [3.63, 3.8) is 0 Å². The number of hydrogen-bond acceptors (Lipinski definition) is 7. The van der Waals surface area contributed by atoms with Gasteiger partial charge in [-0.3, -0.25) is 9.78 Å². The first-order valence-electron chi connectivity index (χ1n) is 6.05. The molecule has 0 saturated carbocycles. The third kappa shape index (κ3) is 2.12. The molecule has 0 aromatic carbocycles. The van der Waals surface area contributed by atoms with E-state index in [4.69, 9.17) is 5.73 Å². The van der Waals surface area contributed by atoms with E-state index in [-0.39, 0.29) is 11.5 Å². The number of aromatic nitrogens is 4. The fourth-order valence-corrected chi connectivity index (χ4v) is 2.82. The second-order valence-electron chi connectivity index (χ2n) is 4.37. The predicted octanol–water partition coefficient (Wildman–Crippen LogP) is 0.617. The fourth-order valence-electron chi connectivity index (χ4n) is 2.24. The number of nitrogen functional groups attached to an aromatic ring is 1. The molecule has 3 heterocycles. The zero-order valence-corrected chi connectivity index (χ0v) is 11.3. The Balaban J connectivity index is 2.22. The molecule has 0 atom stereocenters. The van der Waals surface area contributed by atoms with Crippen molar-refractivity contribution in [1.29, 1.82) is 0 Å². The first kappa shape index (κ1) is 12.2. The van der Waals surface area contributed by atoms with Crippen LogP contribution in [0.25, 0.3) is 11.0 Å². The van der Waals surface area contributed by atoms with Crippen molar-refractivity contribution < 1.29 is 0 Å². The predicted molar refractivity (Wildman–Crippen MR) is 75.6 cm³/mol. The highest BCUT2D eigenvalue weighted by atomic mass is 32.2. The number of nitrogens with one attached hydrogen (secondary N) is 1. The van der Waals surface area contributed by atoms with Crippen LogP contribution in [0, 0.1) is 0 Å². The van der Waals surface area contributed by atoms with Crippen LogP contribution in [0.5, 0.6) is 0 Å². The van der Waals surface area contributed by atoms with Crippen molar-refractivity contribution in [3.05, 3.63) is 10.4 Å². The molecule has 0 amide bonds. The largest absolute Gasteiger partial charge is 0.368 e. The van der Waals surface area contributed by atoms with Crippen LogP contribution in [0.2, 0.25) is 0 Å². The number of anilines is 2. The Morgan fingerprint density at radius 1 is 1.26 bits per heavy atom. The zero-order chi connectivity index (χ0) is 13.4. The van der Waals surface area contributed by atoms with Gasteiger partial charge in [0.15, 0.2) is 5.65 Å². The molecule has 0 radical (unpaired) electrons. The molecule has 1 aliphatic rings. The van der Waals surface area contributed by atoms with Crippen molar-refractivity contribution >= 4 is 34.7 Å². The Morgan fingerprint density at radius 2 is 2.00 bits per heavy atom. The minimum absolute atomic E-state index is 0.141. The van der Waals surface area contributed by atoms with Gasteiger partial charge < -0.3 is 10.6 Å². The molecular weight excluding hydrogens is 264 g/mol. The summed E-state index contributed by atoms with van der Waals surface area (Å²) in [6.45, 7) is 1.81. The number of aromatic amines is 1. The van der Waals surface area contributed by atoms with Crippen molar-refractivity contribution in [2.75, 3.05) is 30.0 Å². The summed E-state index contributed by atoms with van der Waals surface area (Å²) in [5.74, 6) is 0.711. The summed E-state index contributed by atoms with van der Waals surface area (Å²) in [5, 5.41) is 0.967. The number of thioether (sulfide) groups is 1. The van der Waals surface area contributed by atoms with Crippen molar-refractivity contribution in [2.24, 2.45) is 0 Å². The first-order chi connectivity index (χ1) is 9.19. The summed E-state index contributed by atoms with van der Waals surface area (Å²) in [5.41, 5.74) is 5.80. The van der Waals surface area contributed by atoms with Crippen LogP contribution in [0.3, 0.4) is 0 Å². The van der Waals surface area contributed by atoms with E-state index < -0.39 is 0 Å². The van der Waals surface area contributed by atoms with Crippen molar-refractivity contribution in [1.82, 2.24) is 19.9 Å². The Hall–Kier alpha value is -1.83. The van der Waals surface area contributed by atoms with E-state index in [0.29, 0.717) is 22.0 Å². The van der Waals surface area contributed by atoms with Crippen LogP contribution in [-0.4, -0.2) is 39.3 Å². The van der Waals surface area contributed by atoms with Crippen LogP contribution in [0.1, 0.15) is 12.8 Å². The Morgan fingerprint density at radius 3 is 2.68 bits per heavy atom. The summed E-state index contributed by atoms with van der Waals surface area (Å²) < 4.78 is 0. The molecule has 19 heavy (non-hydrogen) atoms. The lowest BCUT2D eigenvalue weighted by Crippen LogP contribution is -2.24.